The Bertz CT molecular complexity index is 938. The zero-order chi connectivity index (χ0) is 21.4. The molecule has 0 atom stereocenters. The van der Waals surface area contributed by atoms with Gasteiger partial charge in [0, 0.05) is 38.5 Å². The summed E-state index contributed by atoms with van der Waals surface area (Å²) in [6.07, 6.45) is 0.115. The number of non-ortho nitro benzene ring substituents is 1. The van der Waals surface area contributed by atoms with Gasteiger partial charge in [0.05, 0.1) is 28.7 Å². The quantitative estimate of drug-likeness (QED) is 0.382. The zero-order valence-electron chi connectivity index (χ0n) is 16.1. The maximum atomic E-state index is 12.6. The van der Waals surface area contributed by atoms with E-state index < -0.39 is 23.4 Å². The van der Waals surface area contributed by atoms with Crippen LogP contribution in [0.3, 0.4) is 0 Å². The molecule has 1 amide bonds. The summed E-state index contributed by atoms with van der Waals surface area (Å²) >= 11 is 0. The number of rotatable bonds is 8. The second-order valence-corrected chi connectivity index (χ2v) is 6.22. The fourth-order valence-electron chi connectivity index (χ4n) is 2.64. The molecule has 0 heterocycles. The Morgan fingerprint density at radius 2 is 1.86 bits per heavy atom. The second-order valence-electron chi connectivity index (χ2n) is 6.22. The molecule has 29 heavy (non-hydrogen) atoms. The van der Waals surface area contributed by atoms with E-state index in [0.29, 0.717) is 11.4 Å². The standard InChI is InChI=1S/C20H20N4O5/c1-22(2)18-10-9-16(24(27)28)13-17(18)20(26)29-14-19(25)23(12-6-11-21)15-7-4-3-5-8-15/h3-5,7-10,13H,6,12,14H2,1-2H3. The van der Waals surface area contributed by atoms with Crippen LogP contribution >= 0.6 is 0 Å². The number of ether oxygens (including phenoxy) is 1. The van der Waals surface area contributed by atoms with Crippen molar-refractivity contribution in [2.75, 3.05) is 37.0 Å². The molecule has 0 saturated heterocycles. The highest BCUT2D eigenvalue weighted by atomic mass is 16.6. The average molecular weight is 396 g/mol. The number of carbonyl (C=O) groups is 2. The van der Waals surface area contributed by atoms with Gasteiger partial charge in [0.25, 0.3) is 11.6 Å². The molecule has 2 rings (SSSR count). The molecule has 0 bridgehead atoms. The number of esters is 1. The molecule has 0 aliphatic heterocycles. The highest BCUT2D eigenvalue weighted by Crippen LogP contribution is 2.25. The molecule has 0 radical (unpaired) electrons. The zero-order valence-corrected chi connectivity index (χ0v) is 16.1. The van der Waals surface area contributed by atoms with Gasteiger partial charge in [-0.2, -0.15) is 5.26 Å². The van der Waals surface area contributed by atoms with Gasteiger partial charge in [0.2, 0.25) is 0 Å². The third-order valence-corrected chi connectivity index (χ3v) is 4.04. The molecule has 150 valence electrons. The van der Waals surface area contributed by atoms with E-state index in [1.807, 2.05) is 6.07 Å². The van der Waals surface area contributed by atoms with Gasteiger partial charge in [-0.1, -0.05) is 18.2 Å². The van der Waals surface area contributed by atoms with E-state index in [9.17, 15) is 19.7 Å². The van der Waals surface area contributed by atoms with Crippen molar-refractivity contribution in [1.29, 1.82) is 5.26 Å². The lowest BCUT2D eigenvalue weighted by atomic mass is 10.1. The number of para-hydroxylation sites is 1. The number of nitro benzene ring substituents is 1. The third kappa shape index (κ3) is 5.52. The van der Waals surface area contributed by atoms with Crippen LogP contribution in [0.1, 0.15) is 16.8 Å². The maximum absolute atomic E-state index is 12.6. The van der Waals surface area contributed by atoms with E-state index in [1.165, 1.54) is 17.0 Å². The van der Waals surface area contributed by atoms with Crippen molar-refractivity contribution in [2.45, 2.75) is 6.42 Å². The number of amides is 1. The molecular formula is C20H20N4O5. The van der Waals surface area contributed by atoms with Crippen LogP contribution in [-0.4, -0.2) is 44.0 Å². The number of anilines is 2. The van der Waals surface area contributed by atoms with Crippen LogP contribution in [0.25, 0.3) is 0 Å². The van der Waals surface area contributed by atoms with E-state index in [0.717, 1.165) is 6.07 Å². The molecular weight excluding hydrogens is 376 g/mol. The summed E-state index contributed by atoms with van der Waals surface area (Å²) in [7, 11) is 3.37. The summed E-state index contributed by atoms with van der Waals surface area (Å²) in [4.78, 5) is 38.5. The highest BCUT2D eigenvalue weighted by molar-refractivity contribution is 6.00. The Morgan fingerprint density at radius 3 is 2.45 bits per heavy atom. The average Bonchev–Trinajstić information content (AvgIpc) is 2.72. The molecule has 0 spiro atoms. The summed E-state index contributed by atoms with van der Waals surface area (Å²) in [5, 5.41) is 19.9. The first-order valence-electron chi connectivity index (χ1n) is 8.70. The number of benzene rings is 2. The summed E-state index contributed by atoms with van der Waals surface area (Å²) in [5.74, 6) is -1.35. The van der Waals surface area contributed by atoms with Crippen LogP contribution in [0.2, 0.25) is 0 Å². The monoisotopic (exact) mass is 396 g/mol. The molecule has 9 nitrogen and oxygen atoms in total. The van der Waals surface area contributed by atoms with Gasteiger partial charge in [-0.15, -0.1) is 0 Å². The number of carbonyl (C=O) groups excluding carboxylic acids is 2. The highest BCUT2D eigenvalue weighted by Gasteiger charge is 2.22. The van der Waals surface area contributed by atoms with Gasteiger partial charge in [0.15, 0.2) is 6.61 Å². The minimum Gasteiger partial charge on any atom is -0.452 e. The third-order valence-electron chi connectivity index (χ3n) is 4.04. The van der Waals surface area contributed by atoms with Crippen molar-refractivity contribution in [3.8, 4) is 6.07 Å². The van der Waals surface area contributed by atoms with E-state index in [-0.39, 0.29) is 24.2 Å². The Morgan fingerprint density at radius 1 is 1.17 bits per heavy atom. The van der Waals surface area contributed by atoms with Gasteiger partial charge < -0.3 is 14.5 Å². The molecule has 0 aliphatic rings. The van der Waals surface area contributed by atoms with Crippen molar-refractivity contribution >= 4 is 28.9 Å². The van der Waals surface area contributed by atoms with Gasteiger partial charge >= 0.3 is 5.97 Å². The predicted molar refractivity (Wildman–Crippen MR) is 107 cm³/mol. The van der Waals surface area contributed by atoms with Gasteiger partial charge in [-0.25, -0.2) is 4.79 Å². The summed E-state index contributed by atoms with van der Waals surface area (Å²) < 4.78 is 5.14. The van der Waals surface area contributed by atoms with Crippen LogP contribution in [0, 0.1) is 21.4 Å². The fraction of sp³-hybridized carbons (Fsp3) is 0.250. The largest absolute Gasteiger partial charge is 0.452 e. The van der Waals surface area contributed by atoms with E-state index in [2.05, 4.69) is 0 Å². The lowest BCUT2D eigenvalue weighted by molar-refractivity contribution is -0.384. The molecule has 0 saturated carbocycles. The van der Waals surface area contributed by atoms with Crippen LogP contribution in [-0.2, 0) is 9.53 Å². The van der Waals surface area contributed by atoms with Gasteiger partial charge in [-0.05, 0) is 18.2 Å². The molecule has 2 aromatic carbocycles. The van der Waals surface area contributed by atoms with Crippen molar-refractivity contribution < 1.29 is 19.2 Å². The number of hydrogen-bond donors (Lipinski definition) is 0. The van der Waals surface area contributed by atoms with Gasteiger partial charge in [-0.3, -0.25) is 14.9 Å². The Balaban J connectivity index is 2.18. The predicted octanol–water partition coefficient (Wildman–Crippen LogP) is 2.76. The molecule has 0 fully saturated rings. The lowest BCUT2D eigenvalue weighted by Gasteiger charge is -2.22. The molecule has 0 N–H and O–H groups in total. The fourth-order valence-corrected chi connectivity index (χ4v) is 2.64. The van der Waals surface area contributed by atoms with E-state index in [4.69, 9.17) is 10.00 Å². The lowest BCUT2D eigenvalue weighted by Crippen LogP contribution is -2.35. The molecule has 2 aromatic rings. The minimum atomic E-state index is -0.848. The van der Waals surface area contributed by atoms with Crippen LogP contribution in [0.5, 0.6) is 0 Å². The molecule has 9 heteroatoms. The van der Waals surface area contributed by atoms with Gasteiger partial charge in [0.1, 0.15) is 0 Å². The number of hydrogen-bond acceptors (Lipinski definition) is 7. The topological polar surface area (TPSA) is 117 Å². The summed E-state index contributed by atoms with van der Waals surface area (Å²) in [5.41, 5.74) is 0.736. The molecule has 0 unspecified atom stereocenters. The second kappa shape index (κ2) is 9.85. The Kier molecular flexibility index (Phi) is 7.26. The molecule has 0 aliphatic carbocycles. The number of nitrogens with zero attached hydrogens (tertiary/aromatic N) is 4. The normalized spacial score (nSPS) is 9.97. The first-order valence-corrected chi connectivity index (χ1v) is 8.70. The van der Waals surface area contributed by atoms with E-state index in [1.54, 1.807) is 49.3 Å². The van der Waals surface area contributed by atoms with Crippen molar-refractivity contribution in [1.82, 2.24) is 0 Å². The van der Waals surface area contributed by atoms with Crippen LogP contribution in [0.4, 0.5) is 17.1 Å². The van der Waals surface area contributed by atoms with Crippen LogP contribution < -0.4 is 9.80 Å². The SMILES string of the molecule is CN(C)c1ccc([N+](=O)[O-])cc1C(=O)OCC(=O)N(CCC#N)c1ccccc1. The maximum Gasteiger partial charge on any atom is 0.341 e. The smallest absolute Gasteiger partial charge is 0.341 e. The number of nitro groups is 1. The first-order chi connectivity index (χ1) is 13.8. The molecule has 0 aromatic heterocycles. The van der Waals surface area contributed by atoms with Crippen LogP contribution in [0.15, 0.2) is 48.5 Å². The number of nitriles is 1. The van der Waals surface area contributed by atoms with E-state index >= 15 is 0 Å². The van der Waals surface area contributed by atoms with Crippen molar-refractivity contribution in [3.63, 3.8) is 0 Å². The Labute approximate surface area is 167 Å². The first kappa shape index (κ1) is 21.4. The Hall–Kier alpha value is -3.93. The van der Waals surface area contributed by atoms with Crippen molar-refractivity contribution in [2.24, 2.45) is 0 Å². The summed E-state index contributed by atoms with van der Waals surface area (Å²) in [6, 6.07) is 14.5. The summed E-state index contributed by atoms with van der Waals surface area (Å²) in [6.45, 7) is -0.411. The van der Waals surface area contributed by atoms with Crippen molar-refractivity contribution in [3.05, 3.63) is 64.2 Å². The minimum absolute atomic E-state index is 0.0136.